The highest BCUT2D eigenvalue weighted by Gasteiger charge is 2.28. The first-order valence-electron chi connectivity index (χ1n) is 7.83. The van der Waals surface area contributed by atoms with E-state index in [9.17, 15) is 13.2 Å². The maximum absolute atomic E-state index is 12.5. The summed E-state index contributed by atoms with van der Waals surface area (Å²) in [6.45, 7) is 0. The van der Waals surface area contributed by atoms with Crippen LogP contribution in [-0.2, 0) is 19.6 Å². The summed E-state index contributed by atoms with van der Waals surface area (Å²) in [6.07, 6.45) is 9.04. The van der Waals surface area contributed by atoms with Crippen molar-refractivity contribution < 1.29 is 17.9 Å². The molecule has 1 aromatic heterocycles. The molecular weight excluding hydrogens is 334 g/mol. The Hall–Kier alpha value is -1.18. The van der Waals surface area contributed by atoms with Gasteiger partial charge in [0.05, 0.1) is 7.11 Å². The lowest BCUT2D eigenvalue weighted by Crippen LogP contribution is -2.40. The Labute approximate surface area is 141 Å². The zero-order valence-corrected chi connectivity index (χ0v) is 14.9. The first-order chi connectivity index (χ1) is 11.0. The molecular formula is C16H23NO4S2. The average molecular weight is 357 g/mol. The third-order valence-electron chi connectivity index (χ3n) is 4.13. The van der Waals surface area contributed by atoms with Gasteiger partial charge in [-0.25, -0.2) is 17.9 Å². The Morgan fingerprint density at radius 2 is 2.17 bits per heavy atom. The highest BCUT2D eigenvalue weighted by atomic mass is 32.2. The summed E-state index contributed by atoms with van der Waals surface area (Å²) in [7, 11) is -2.18. The summed E-state index contributed by atoms with van der Waals surface area (Å²) in [4.78, 5) is 11.2. The SMILES string of the molecule is COC(=O)/C=C/C[C@@H](NS(=O)(=O)c1cccs1)C1CCCCC1. The summed E-state index contributed by atoms with van der Waals surface area (Å²) >= 11 is 1.21. The Kier molecular flexibility index (Phi) is 6.80. The van der Waals surface area contributed by atoms with E-state index in [1.165, 1.54) is 30.9 Å². The third-order valence-corrected chi connectivity index (χ3v) is 7.02. The second kappa shape index (κ2) is 8.61. The molecule has 128 valence electrons. The number of thiophene rings is 1. The van der Waals surface area contributed by atoms with E-state index in [2.05, 4.69) is 9.46 Å². The predicted molar refractivity (Wildman–Crippen MR) is 90.8 cm³/mol. The number of methoxy groups -OCH3 is 1. The lowest BCUT2D eigenvalue weighted by molar-refractivity contribution is -0.134. The lowest BCUT2D eigenvalue weighted by atomic mass is 9.83. The van der Waals surface area contributed by atoms with Gasteiger partial charge in [-0.05, 0) is 36.6 Å². The largest absolute Gasteiger partial charge is 0.466 e. The standard InChI is InChI=1S/C16H23NO4S2/c1-21-15(18)10-5-9-14(13-7-3-2-4-8-13)17-23(19,20)16-11-6-12-22-16/h5-6,10-14,17H,2-4,7-9H2,1H3/b10-5+/t14-/m1/s1. The molecule has 0 unspecified atom stereocenters. The summed E-state index contributed by atoms with van der Waals surface area (Å²) < 4.78 is 32.7. The molecule has 0 aromatic carbocycles. The zero-order chi connectivity index (χ0) is 16.7. The van der Waals surface area contributed by atoms with Crippen molar-refractivity contribution in [3.05, 3.63) is 29.7 Å². The van der Waals surface area contributed by atoms with Crippen LogP contribution in [0.25, 0.3) is 0 Å². The molecule has 0 saturated heterocycles. The fraction of sp³-hybridized carbons (Fsp3) is 0.562. The Morgan fingerprint density at radius 1 is 1.43 bits per heavy atom. The topological polar surface area (TPSA) is 72.5 Å². The Bertz CT molecular complexity index is 617. The first-order valence-corrected chi connectivity index (χ1v) is 10.2. The monoisotopic (exact) mass is 357 g/mol. The third kappa shape index (κ3) is 5.44. The van der Waals surface area contributed by atoms with E-state index in [0.29, 0.717) is 16.5 Å². The van der Waals surface area contributed by atoms with Gasteiger partial charge >= 0.3 is 5.97 Å². The number of ether oxygens (including phenoxy) is 1. The van der Waals surface area contributed by atoms with E-state index >= 15 is 0 Å². The van der Waals surface area contributed by atoms with E-state index < -0.39 is 16.0 Å². The molecule has 1 aromatic rings. The molecule has 0 spiro atoms. The molecule has 1 aliphatic rings. The number of carbonyl (C=O) groups is 1. The van der Waals surface area contributed by atoms with Crippen molar-refractivity contribution in [3.63, 3.8) is 0 Å². The van der Waals surface area contributed by atoms with Crippen molar-refractivity contribution in [2.75, 3.05) is 7.11 Å². The number of hydrogen-bond acceptors (Lipinski definition) is 5. The molecule has 0 bridgehead atoms. The average Bonchev–Trinajstić information content (AvgIpc) is 3.10. The normalized spacial score (nSPS) is 18.1. The molecule has 1 fully saturated rings. The van der Waals surface area contributed by atoms with Crippen LogP contribution in [0.5, 0.6) is 0 Å². The number of sulfonamides is 1. The fourth-order valence-corrected chi connectivity index (χ4v) is 5.25. The van der Waals surface area contributed by atoms with E-state index in [4.69, 9.17) is 0 Å². The van der Waals surface area contributed by atoms with Gasteiger partial charge in [0, 0.05) is 12.1 Å². The Balaban J connectivity index is 2.09. The second-order valence-electron chi connectivity index (χ2n) is 5.72. The molecule has 2 rings (SSSR count). The van der Waals surface area contributed by atoms with Gasteiger partial charge < -0.3 is 4.74 Å². The minimum absolute atomic E-state index is 0.191. The molecule has 5 nitrogen and oxygen atoms in total. The molecule has 1 atom stereocenters. The van der Waals surface area contributed by atoms with Crippen LogP contribution < -0.4 is 4.72 Å². The number of carbonyl (C=O) groups excluding carboxylic acids is 1. The molecule has 23 heavy (non-hydrogen) atoms. The van der Waals surface area contributed by atoms with Crippen LogP contribution in [0.15, 0.2) is 33.9 Å². The van der Waals surface area contributed by atoms with Crippen LogP contribution in [-0.4, -0.2) is 27.5 Å². The smallest absolute Gasteiger partial charge is 0.330 e. The second-order valence-corrected chi connectivity index (χ2v) is 8.61. The van der Waals surface area contributed by atoms with E-state index in [0.717, 1.165) is 25.7 Å². The van der Waals surface area contributed by atoms with E-state index in [1.54, 1.807) is 23.6 Å². The van der Waals surface area contributed by atoms with Crippen molar-refractivity contribution in [1.29, 1.82) is 0 Å². The summed E-state index contributed by atoms with van der Waals surface area (Å²) in [5.74, 6) is -0.116. The molecule has 1 heterocycles. The van der Waals surface area contributed by atoms with Crippen LogP contribution >= 0.6 is 11.3 Å². The van der Waals surface area contributed by atoms with Crippen molar-refractivity contribution >= 4 is 27.3 Å². The molecule has 0 amide bonds. The van der Waals surface area contributed by atoms with Crippen molar-refractivity contribution in [2.24, 2.45) is 5.92 Å². The summed E-state index contributed by atoms with van der Waals surface area (Å²) in [5.41, 5.74) is 0. The van der Waals surface area contributed by atoms with Gasteiger partial charge in [-0.15, -0.1) is 11.3 Å². The van der Waals surface area contributed by atoms with Gasteiger partial charge in [-0.3, -0.25) is 0 Å². The number of rotatable bonds is 7. The Morgan fingerprint density at radius 3 is 2.78 bits per heavy atom. The van der Waals surface area contributed by atoms with Crippen molar-refractivity contribution in [2.45, 2.75) is 48.8 Å². The van der Waals surface area contributed by atoms with Crippen LogP contribution in [0.1, 0.15) is 38.5 Å². The van der Waals surface area contributed by atoms with Crippen LogP contribution in [0, 0.1) is 5.92 Å². The lowest BCUT2D eigenvalue weighted by Gasteiger charge is -2.30. The highest BCUT2D eigenvalue weighted by Crippen LogP contribution is 2.29. The van der Waals surface area contributed by atoms with Crippen LogP contribution in [0.4, 0.5) is 0 Å². The van der Waals surface area contributed by atoms with Gasteiger partial charge in [0.2, 0.25) is 10.0 Å². The van der Waals surface area contributed by atoms with Gasteiger partial charge in [0.1, 0.15) is 4.21 Å². The van der Waals surface area contributed by atoms with Crippen LogP contribution in [0.2, 0.25) is 0 Å². The van der Waals surface area contributed by atoms with Crippen molar-refractivity contribution in [3.8, 4) is 0 Å². The first kappa shape index (κ1) is 18.2. The predicted octanol–water partition coefficient (Wildman–Crippen LogP) is 3.09. The van der Waals surface area contributed by atoms with Gasteiger partial charge in [-0.2, -0.15) is 0 Å². The molecule has 1 N–H and O–H groups in total. The number of hydrogen-bond donors (Lipinski definition) is 1. The number of esters is 1. The van der Waals surface area contributed by atoms with Gasteiger partial charge in [-0.1, -0.05) is 31.4 Å². The zero-order valence-electron chi connectivity index (χ0n) is 13.2. The molecule has 1 aliphatic carbocycles. The summed E-state index contributed by atoms with van der Waals surface area (Å²) in [6, 6.07) is 3.14. The minimum Gasteiger partial charge on any atom is -0.466 e. The maximum atomic E-state index is 12.5. The maximum Gasteiger partial charge on any atom is 0.330 e. The molecule has 1 saturated carbocycles. The quantitative estimate of drug-likeness (QED) is 0.601. The number of nitrogens with one attached hydrogen (secondary N) is 1. The van der Waals surface area contributed by atoms with Gasteiger partial charge in [0.25, 0.3) is 0 Å². The fourth-order valence-electron chi connectivity index (χ4n) is 2.93. The molecule has 0 radical (unpaired) electrons. The van der Waals surface area contributed by atoms with Gasteiger partial charge in [0.15, 0.2) is 0 Å². The molecule has 0 aliphatic heterocycles. The minimum atomic E-state index is -3.50. The van der Waals surface area contributed by atoms with Crippen molar-refractivity contribution in [1.82, 2.24) is 4.72 Å². The van der Waals surface area contributed by atoms with E-state index in [1.807, 2.05) is 0 Å². The van der Waals surface area contributed by atoms with Crippen LogP contribution in [0.3, 0.4) is 0 Å². The molecule has 7 heteroatoms. The van der Waals surface area contributed by atoms with E-state index in [-0.39, 0.29) is 6.04 Å². The summed E-state index contributed by atoms with van der Waals surface area (Å²) in [5, 5.41) is 1.75. The highest BCUT2D eigenvalue weighted by molar-refractivity contribution is 7.91.